The number of nitrogens with zero attached hydrogens (tertiary/aromatic N) is 1. The molecule has 1 N–H and O–H groups in total. The molecule has 134 valence electrons. The Morgan fingerprint density at radius 3 is 1.71 bits per heavy atom. The molecule has 5 aromatic rings. The van der Waals surface area contributed by atoms with E-state index in [1.165, 1.54) is 21.5 Å². The third kappa shape index (κ3) is 2.76. The number of hydrogen-bond donors (Lipinski definition) is 1. The summed E-state index contributed by atoms with van der Waals surface area (Å²) in [5.74, 6) is 0.253. The van der Waals surface area contributed by atoms with Crippen molar-refractivity contribution in [3.63, 3.8) is 0 Å². The third-order valence-corrected chi connectivity index (χ3v) is 5.07. The summed E-state index contributed by atoms with van der Waals surface area (Å²) in [6, 6.07) is 36.9. The van der Waals surface area contributed by atoms with Gasteiger partial charge >= 0.3 is 0 Å². The van der Waals surface area contributed by atoms with Gasteiger partial charge in [-0.3, -0.25) is 0 Å². The molecule has 0 aliphatic rings. The van der Waals surface area contributed by atoms with Gasteiger partial charge in [0.1, 0.15) is 5.75 Å². The van der Waals surface area contributed by atoms with Gasteiger partial charge in [-0.05, 0) is 41.1 Å². The highest BCUT2D eigenvalue weighted by molar-refractivity contribution is 6.14. The molecular weight excluding hydrogens is 342 g/mol. The largest absolute Gasteiger partial charge is 0.508 e. The quantitative estimate of drug-likeness (QED) is 0.344. The van der Waals surface area contributed by atoms with E-state index in [0.717, 1.165) is 17.1 Å². The second kappa shape index (κ2) is 6.75. The summed E-state index contributed by atoms with van der Waals surface area (Å²) in [6.07, 6.45) is 0. The maximum Gasteiger partial charge on any atom is 0.117 e. The molecule has 0 aromatic heterocycles. The lowest BCUT2D eigenvalue weighted by molar-refractivity contribution is 0.475. The van der Waals surface area contributed by atoms with Gasteiger partial charge < -0.3 is 10.0 Å². The van der Waals surface area contributed by atoms with Crippen LogP contribution in [0.3, 0.4) is 0 Å². The van der Waals surface area contributed by atoms with E-state index in [9.17, 15) is 5.11 Å². The standard InChI is InChI=1S/C26H19NO/c28-23-14-8-13-22(18-23)27(21-11-2-1-3-12-21)26-24-15-6-4-9-19(24)17-20-10-5-7-16-25(20)26/h1-18,28H. The molecule has 0 spiro atoms. The molecule has 0 radical (unpaired) electrons. The van der Waals surface area contributed by atoms with Gasteiger partial charge in [0.05, 0.1) is 5.69 Å². The van der Waals surface area contributed by atoms with Crippen LogP contribution >= 0.6 is 0 Å². The van der Waals surface area contributed by atoms with E-state index in [4.69, 9.17) is 0 Å². The van der Waals surface area contributed by atoms with Crippen molar-refractivity contribution in [2.75, 3.05) is 4.90 Å². The van der Waals surface area contributed by atoms with Crippen LogP contribution in [0.25, 0.3) is 21.5 Å². The minimum absolute atomic E-state index is 0.253. The summed E-state index contributed by atoms with van der Waals surface area (Å²) >= 11 is 0. The van der Waals surface area contributed by atoms with Crippen molar-refractivity contribution in [1.82, 2.24) is 0 Å². The number of para-hydroxylation sites is 1. The Bertz CT molecular complexity index is 1220. The summed E-state index contributed by atoms with van der Waals surface area (Å²) in [6.45, 7) is 0. The van der Waals surface area contributed by atoms with E-state index in [1.807, 2.05) is 36.4 Å². The number of benzene rings is 5. The van der Waals surface area contributed by atoms with Crippen molar-refractivity contribution in [1.29, 1.82) is 0 Å². The molecule has 0 aliphatic carbocycles. The predicted octanol–water partition coefficient (Wildman–Crippen LogP) is 7.17. The third-order valence-electron chi connectivity index (χ3n) is 5.07. The van der Waals surface area contributed by atoms with Crippen LogP contribution in [0.5, 0.6) is 5.75 Å². The molecule has 28 heavy (non-hydrogen) atoms. The summed E-state index contributed by atoms with van der Waals surface area (Å²) in [7, 11) is 0. The molecule has 0 atom stereocenters. The second-order valence-electron chi connectivity index (χ2n) is 6.86. The molecule has 5 rings (SSSR count). The van der Waals surface area contributed by atoms with Crippen LogP contribution in [0.2, 0.25) is 0 Å². The molecule has 0 unspecified atom stereocenters. The maximum absolute atomic E-state index is 10.2. The van der Waals surface area contributed by atoms with Crippen LogP contribution in [0.1, 0.15) is 0 Å². The first-order valence-electron chi connectivity index (χ1n) is 9.36. The summed E-state index contributed by atoms with van der Waals surface area (Å²) in [4.78, 5) is 2.23. The van der Waals surface area contributed by atoms with Crippen molar-refractivity contribution in [3.8, 4) is 5.75 Å². The van der Waals surface area contributed by atoms with E-state index in [2.05, 4.69) is 71.6 Å². The average Bonchev–Trinajstić information content (AvgIpc) is 2.74. The number of hydrogen-bond acceptors (Lipinski definition) is 2. The number of fused-ring (bicyclic) bond motifs is 2. The Hall–Kier alpha value is -3.78. The molecule has 2 nitrogen and oxygen atoms in total. The Morgan fingerprint density at radius 1 is 0.500 bits per heavy atom. The monoisotopic (exact) mass is 361 g/mol. The highest BCUT2D eigenvalue weighted by Crippen LogP contribution is 2.43. The van der Waals surface area contributed by atoms with Crippen LogP contribution in [0.4, 0.5) is 17.1 Å². The van der Waals surface area contributed by atoms with Gasteiger partial charge in [0.15, 0.2) is 0 Å². The van der Waals surface area contributed by atoms with E-state index >= 15 is 0 Å². The molecule has 2 heteroatoms. The molecule has 0 heterocycles. The van der Waals surface area contributed by atoms with E-state index in [0.29, 0.717) is 0 Å². The molecule has 5 aromatic carbocycles. The van der Waals surface area contributed by atoms with Crippen LogP contribution in [0, 0.1) is 0 Å². The van der Waals surface area contributed by atoms with Gasteiger partial charge in [0, 0.05) is 28.2 Å². The lowest BCUT2D eigenvalue weighted by Gasteiger charge is -2.28. The summed E-state index contributed by atoms with van der Waals surface area (Å²) in [5.41, 5.74) is 3.09. The van der Waals surface area contributed by atoms with Crippen LogP contribution < -0.4 is 4.90 Å². The van der Waals surface area contributed by atoms with E-state index in [-0.39, 0.29) is 5.75 Å². The highest BCUT2D eigenvalue weighted by Gasteiger charge is 2.18. The Labute approximate surface area is 163 Å². The predicted molar refractivity (Wildman–Crippen MR) is 118 cm³/mol. The van der Waals surface area contributed by atoms with Crippen molar-refractivity contribution >= 4 is 38.6 Å². The smallest absolute Gasteiger partial charge is 0.117 e. The van der Waals surface area contributed by atoms with Crippen LogP contribution in [0.15, 0.2) is 109 Å². The van der Waals surface area contributed by atoms with E-state index < -0.39 is 0 Å². The molecule has 0 aliphatic heterocycles. The fourth-order valence-corrected chi connectivity index (χ4v) is 3.85. The Balaban J connectivity index is 1.92. The SMILES string of the molecule is Oc1cccc(N(c2ccccc2)c2c3ccccc3cc3ccccc23)c1. The molecule has 0 fully saturated rings. The van der Waals surface area contributed by atoms with E-state index in [1.54, 1.807) is 6.07 Å². The van der Waals surface area contributed by atoms with Crippen molar-refractivity contribution < 1.29 is 5.11 Å². The fraction of sp³-hybridized carbons (Fsp3) is 0. The number of rotatable bonds is 3. The first kappa shape index (κ1) is 16.4. The van der Waals surface area contributed by atoms with Crippen LogP contribution in [-0.4, -0.2) is 5.11 Å². The minimum Gasteiger partial charge on any atom is -0.508 e. The lowest BCUT2D eigenvalue weighted by Crippen LogP contribution is -2.11. The number of phenols is 1. The molecule has 0 saturated carbocycles. The zero-order chi connectivity index (χ0) is 18.9. The summed E-state index contributed by atoms with van der Waals surface area (Å²) in [5, 5.41) is 14.9. The normalized spacial score (nSPS) is 11.0. The molecule has 0 amide bonds. The van der Waals surface area contributed by atoms with Crippen LogP contribution in [-0.2, 0) is 0 Å². The highest BCUT2D eigenvalue weighted by atomic mass is 16.3. The number of anilines is 3. The minimum atomic E-state index is 0.253. The van der Waals surface area contributed by atoms with Gasteiger partial charge in [-0.15, -0.1) is 0 Å². The molecule has 0 bridgehead atoms. The number of aromatic hydroxyl groups is 1. The summed E-state index contributed by atoms with van der Waals surface area (Å²) < 4.78 is 0. The van der Waals surface area contributed by atoms with Gasteiger partial charge in [-0.1, -0.05) is 72.8 Å². The van der Waals surface area contributed by atoms with Gasteiger partial charge in [0.2, 0.25) is 0 Å². The fourth-order valence-electron chi connectivity index (χ4n) is 3.85. The van der Waals surface area contributed by atoms with Crippen molar-refractivity contribution in [2.24, 2.45) is 0 Å². The number of phenolic OH excluding ortho intramolecular Hbond substituents is 1. The first-order chi connectivity index (χ1) is 13.8. The van der Waals surface area contributed by atoms with Gasteiger partial charge in [-0.25, -0.2) is 0 Å². The second-order valence-corrected chi connectivity index (χ2v) is 6.86. The molecular formula is C26H19NO. The van der Waals surface area contributed by atoms with Gasteiger partial charge in [-0.2, -0.15) is 0 Å². The first-order valence-corrected chi connectivity index (χ1v) is 9.36. The Kier molecular flexibility index (Phi) is 3.95. The Morgan fingerprint density at radius 2 is 1.07 bits per heavy atom. The lowest BCUT2D eigenvalue weighted by atomic mass is 9.99. The van der Waals surface area contributed by atoms with Gasteiger partial charge in [0.25, 0.3) is 0 Å². The zero-order valence-corrected chi connectivity index (χ0v) is 15.3. The topological polar surface area (TPSA) is 23.5 Å². The average molecular weight is 361 g/mol. The maximum atomic E-state index is 10.2. The zero-order valence-electron chi connectivity index (χ0n) is 15.3. The molecule has 0 saturated heterocycles. The van der Waals surface area contributed by atoms with Crippen molar-refractivity contribution in [2.45, 2.75) is 0 Å². The van der Waals surface area contributed by atoms with Crippen molar-refractivity contribution in [3.05, 3.63) is 109 Å².